The van der Waals surface area contributed by atoms with E-state index in [0.717, 1.165) is 21.1 Å². The van der Waals surface area contributed by atoms with Crippen LogP contribution in [-0.4, -0.2) is 16.1 Å². The molecule has 4 nitrogen and oxygen atoms in total. The highest BCUT2D eigenvalue weighted by Gasteiger charge is 2.15. The number of thiophene rings is 1. The number of nitrogens with zero attached hydrogens (tertiary/aromatic N) is 1. The van der Waals surface area contributed by atoms with Gasteiger partial charge in [-0.1, -0.05) is 0 Å². The van der Waals surface area contributed by atoms with Crippen LogP contribution >= 0.6 is 22.7 Å². The zero-order valence-corrected chi connectivity index (χ0v) is 13.6. The SMILES string of the molecule is Cc1nc(C)c(C(C)NCc2cc(C(=O)O)sc2C)s1. The van der Waals surface area contributed by atoms with Crippen LogP contribution in [0.1, 0.15) is 48.7 Å². The first-order valence-corrected chi connectivity index (χ1v) is 8.01. The molecule has 20 heavy (non-hydrogen) atoms. The van der Waals surface area contributed by atoms with Crippen LogP contribution in [0.2, 0.25) is 0 Å². The van der Waals surface area contributed by atoms with Crippen molar-refractivity contribution in [2.45, 2.75) is 40.3 Å². The Morgan fingerprint density at radius 2 is 2.10 bits per heavy atom. The van der Waals surface area contributed by atoms with Crippen molar-refractivity contribution in [3.63, 3.8) is 0 Å². The predicted molar refractivity (Wildman–Crippen MR) is 82.9 cm³/mol. The first-order valence-electron chi connectivity index (χ1n) is 6.38. The van der Waals surface area contributed by atoms with E-state index < -0.39 is 5.97 Å². The Hall–Kier alpha value is -1.24. The number of aromatic carboxylic acids is 1. The van der Waals surface area contributed by atoms with Gasteiger partial charge >= 0.3 is 5.97 Å². The lowest BCUT2D eigenvalue weighted by molar-refractivity contribution is 0.0702. The average molecular weight is 310 g/mol. The molecule has 0 bridgehead atoms. The van der Waals surface area contributed by atoms with Gasteiger partial charge in [0.15, 0.2) is 0 Å². The lowest BCUT2D eigenvalue weighted by Gasteiger charge is -2.12. The van der Waals surface area contributed by atoms with Gasteiger partial charge in [0.05, 0.1) is 10.7 Å². The van der Waals surface area contributed by atoms with E-state index in [2.05, 4.69) is 17.2 Å². The minimum atomic E-state index is -0.855. The molecule has 0 saturated heterocycles. The lowest BCUT2D eigenvalue weighted by Crippen LogP contribution is -2.18. The summed E-state index contributed by atoms with van der Waals surface area (Å²) >= 11 is 3.03. The van der Waals surface area contributed by atoms with Gasteiger partial charge in [0, 0.05) is 22.3 Å². The number of carboxylic acid groups (broad SMARTS) is 1. The summed E-state index contributed by atoms with van der Waals surface area (Å²) in [4.78, 5) is 18.1. The maximum Gasteiger partial charge on any atom is 0.345 e. The van der Waals surface area contributed by atoms with Crippen molar-refractivity contribution in [2.24, 2.45) is 0 Å². The highest BCUT2D eigenvalue weighted by molar-refractivity contribution is 7.14. The molecule has 0 fully saturated rings. The van der Waals surface area contributed by atoms with Gasteiger partial charge in [-0.15, -0.1) is 22.7 Å². The second-order valence-electron chi connectivity index (χ2n) is 4.78. The molecule has 2 heterocycles. The van der Waals surface area contributed by atoms with E-state index in [4.69, 9.17) is 5.11 Å². The molecular formula is C14H18N2O2S2. The topological polar surface area (TPSA) is 62.2 Å². The van der Waals surface area contributed by atoms with E-state index in [1.165, 1.54) is 16.2 Å². The fourth-order valence-corrected chi connectivity index (χ4v) is 3.94. The van der Waals surface area contributed by atoms with Gasteiger partial charge in [-0.3, -0.25) is 0 Å². The monoisotopic (exact) mass is 310 g/mol. The third kappa shape index (κ3) is 3.26. The molecule has 0 aliphatic rings. The molecule has 2 aromatic rings. The Bertz CT molecular complexity index is 631. The van der Waals surface area contributed by atoms with Crippen molar-refractivity contribution in [1.29, 1.82) is 0 Å². The minimum absolute atomic E-state index is 0.216. The largest absolute Gasteiger partial charge is 0.477 e. The van der Waals surface area contributed by atoms with Gasteiger partial charge in [0.25, 0.3) is 0 Å². The number of hydrogen-bond donors (Lipinski definition) is 2. The van der Waals surface area contributed by atoms with Crippen LogP contribution in [0.4, 0.5) is 0 Å². The molecule has 0 aromatic carbocycles. The van der Waals surface area contributed by atoms with Crippen molar-refractivity contribution >= 4 is 28.6 Å². The van der Waals surface area contributed by atoms with E-state index in [-0.39, 0.29) is 6.04 Å². The smallest absolute Gasteiger partial charge is 0.345 e. The van der Waals surface area contributed by atoms with Gasteiger partial charge in [-0.2, -0.15) is 0 Å². The van der Waals surface area contributed by atoms with E-state index in [9.17, 15) is 4.79 Å². The fraction of sp³-hybridized carbons (Fsp3) is 0.429. The number of thiazole rings is 1. The molecule has 6 heteroatoms. The lowest BCUT2D eigenvalue weighted by atomic mass is 10.2. The first kappa shape index (κ1) is 15.2. The van der Waals surface area contributed by atoms with Crippen LogP contribution in [0.5, 0.6) is 0 Å². The maximum absolute atomic E-state index is 11.0. The second-order valence-corrected chi connectivity index (χ2v) is 7.27. The normalized spacial score (nSPS) is 12.6. The van der Waals surface area contributed by atoms with Crippen molar-refractivity contribution in [3.05, 3.63) is 37.0 Å². The van der Waals surface area contributed by atoms with Crippen LogP contribution in [0.15, 0.2) is 6.07 Å². The van der Waals surface area contributed by atoms with E-state index in [0.29, 0.717) is 11.4 Å². The summed E-state index contributed by atoms with van der Waals surface area (Å²) in [5.74, 6) is -0.855. The number of aryl methyl sites for hydroxylation is 3. The zero-order chi connectivity index (χ0) is 14.9. The number of carbonyl (C=O) groups is 1. The second kappa shape index (κ2) is 6.03. The molecule has 2 rings (SSSR count). The summed E-state index contributed by atoms with van der Waals surface area (Å²) in [5.41, 5.74) is 2.12. The van der Waals surface area contributed by atoms with Gasteiger partial charge in [0.1, 0.15) is 4.88 Å². The van der Waals surface area contributed by atoms with Crippen LogP contribution in [0.3, 0.4) is 0 Å². The Morgan fingerprint density at radius 1 is 1.40 bits per heavy atom. The number of aromatic nitrogens is 1. The fourth-order valence-electron chi connectivity index (χ4n) is 2.11. The molecule has 0 radical (unpaired) electrons. The van der Waals surface area contributed by atoms with Crippen LogP contribution < -0.4 is 5.32 Å². The molecule has 1 atom stereocenters. The number of nitrogens with one attached hydrogen (secondary N) is 1. The number of rotatable bonds is 5. The summed E-state index contributed by atoms with van der Waals surface area (Å²) in [6.07, 6.45) is 0. The molecule has 0 saturated carbocycles. The third-order valence-electron chi connectivity index (χ3n) is 3.16. The Balaban J connectivity index is 2.05. The summed E-state index contributed by atoms with van der Waals surface area (Å²) in [7, 11) is 0. The minimum Gasteiger partial charge on any atom is -0.477 e. The third-order valence-corrected chi connectivity index (χ3v) is 5.50. The Morgan fingerprint density at radius 3 is 2.60 bits per heavy atom. The standard InChI is InChI=1S/C14H18N2O2S2/c1-7(13-8(2)16-10(4)20-13)15-6-11-5-12(14(17)18)19-9(11)3/h5,7,15H,6H2,1-4H3,(H,17,18). The molecule has 1 unspecified atom stereocenters. The van der Waals surface area contributed by atoms with E-state index in [1.54, 1.807) is 17.4 Å². The summed E-state index contributed by atoms with van der Waals surface area (Å²) in [5, 5.41) is 13.5. The highest BCUT2D eigenvalue weighted by atomic mass is 32.1. The van der Waals surface area contributed by atoms with Crippen molar-refractivity contribution in [3.8, 4) is 0 Å². The van der Waals surface area contributed by atoms with Crippen molar-refractivity contribution in [1.82, 2.24) is 10.3 Å². The first-order chi connectivity index (χ1) is 9.38. The summed E-state index contributed by atoms with van der Waals surface area (Å²) < 4.78 is 0. The zero-order valence-electron chi connectivity index (χ0n) is 12.0. The van der Waals surface area contributed by atoms with Crippen molar-refractivity contribution < 1.29 is 9.90 Å². The summed E-state index contributed by atoms with van der Waals surface area (Å²) in [6.45, 7) is 8.78. The maximum atomic E-state index is 11.0. The van der Waals surface area contributed by atoms with Crippen LogP contribution in [0, 0.1) is 20.8 Å². The molecule has 0 aliphatic carbocycles. The van der Waals surface area contributed by atoms with Crippen LogP contribution in [0.25, 0.3) is 0 Å². The highest BCUT2D eigenvalue weighted by Crippen LogP contribution is 2.26. The molecule has 0 amide bonds. The van der Waals surface area contributed by atoms with Crippen molar-refractivity contribution in [2.75, 3.05) is 0 Å². The molecule has 0 aliphatic heterocycles. The Kier molecular flexibility index (Phi) is 4.57. The quantitative estimate of drug-likeness (QED) is 0.884. The average Bonchev–Trinajstić information content (AvgIpc) is 2.89. The van der Waals surface area contributed by atoms with E-state index in [1.807, 2.05) is 20.8 Å². The Labute approximate surface area is 126 Å². The predicted octanol–water partition coefficient (Wildman–Crippen LogP) is 3.68. The van der Waals surface area contributed by atoms with Crippen LogP contribution in [-0.2, 0) is 6.54 Å². The number of carboxylic acids is 1. The summed E-state index contributed by atoms with van der Waals surface area (Å²) in [6, 6.07) is 1.97. The van der Waals surface area contributed by atoms with Gasteiger partial charge in [0.2, 0.25) is 0 Å². The molecule has 0 spiro atoms. The molecule has 2 N–H and O–H groups in total. The van der Waals surface area contributed by atoms with Gasteiger partial charge in [-0.05, 0) is 39.3 Å². The van der Waals surface area contributed by atoms with E-state index >= 15 is 0 Å². The van der Waals surface area contributed by atoms with Gasteiger partial charge < -0.3 is 10.4 Å². The molecule has 2 aromatic heterocycles. The molecule has 108 valence electrons. The molecular weight excluding hydrogens is 292 g/mol. The number of hydrogen-bond acceptors (Lipinski definition) is 5. The van der Waals surface area contributed by atoms with Gasteiger partial charge in [-0.25, -0.2) is 9.78 Å².